The first kappa shape index (κ1) is 15.6. The molecule has 2 rings (SSSR count). The molecule has 0 aromatic carbocycles. The number of rotatable bonds is 4. The molecule has 1 aliphatic heterocycles. The normalized spacial score (nSPS) is 25.4. The summed E-state index contributed by atoms with van der Waals surface area (Å²) in [6.07, 6.45) is 3.21. The number of anilines is 1. The fraction of sp³-hybridized carbons (Fsp3) is 0.600. The van der Waals surface area contributed by atoms with E-state index in [0.29, 0.717) is 12.3 Å². The van der Waals surface area contributed by atoms with Gasteiger partial charge in [-0.25, -0.2) is 9.78 Å². The largest absolute Gasteiger partial charge is 0.474 e. The van der Waals surface area contributed by atoms with Crippen molar-refractivity contribution in [3.05, 3.63) is 17.8 Å². The summed E-state index contributed by atoms with van der Waals surface area (Å²) in [5, 5.41) is 0. The Bertz CT molecular complexity index is 496. The Kier molecular flexibility index (Phi) is 5.01. The van der Waals surface area contributed by atoms with E-state index in [1.807, 2.05) is 13.8 Å². The van der Waals surface area contributed by atoms with Crippen LogP contribution in [0.4, 0.5) is 5.69 Å². The zero-order valence-electron chi connectivity index (χ0n) is 12.7. The van der Waals surface area contributed by atoms with Crippen LogP contribution in [0.25, 0.3) is 0 Å². The van der Waals surface area contributed by atoms with Crippen LogP contribution in [0.3, 0.4) is 0 Å². The van der Waals surface area contributed by atoms with Crippen molar-refractivity contribution in [3.8, 4) is 5.88 Å². The van der Waals surface area contributed by atoms with E-state index in [-0.39, 0.29) is 29.8 Å². The molecular weight excluding hydrogens is 272 g/mol. The average Bonchev–Trinajstić information content (AvgIpc) is 2.40. The van der Waals surface area contributed by atoms with Gasteiger partial charge in [-0.05, 0) is 26.8 Å². The molecule has 1 aromatic rings. The summed E-state index contributed by atoms with van der Waals surface area (Å²) in [7, 11) is 0. The SMILES string of the molecule is CCOC(=O)c1cc(N)cnc1OC1CC(C)OC(C)C1. The Morgan fingerprint density at radius 2 is 2.10 bits per heavy atom. The maximum Gasteiger partial charge on any atom is 0.343 e. The van der Waals surface area contributed by atoms with Gasteiger partial charge >= 0.3 is 5.97 Å². The molecule has 2 unspecified atom stereocenters. The minimum absolute atomic E-state index is 0.0342. The van der Waals surface area contributed by atoms with Gasteiger partial charge in [-0.15, -0.1) is 0 Å². The maximum atomic E-state index is 12.0. The highest BCUT2D eigenvalue weighted by molar-refractivity contribution is 5.92. The molecule has 1 saturated heterocycles. The van der Waals surface area contributed by atoms with Gasteiger partial charge in [0.1, 0.15) is 11.7 Å². The van der Waals surface area contributed by atoms with Crippen molar-refractivity contribution >= 4 is 11.7 Å². The Hall–Kier alpha value is -1.82. The van der Waals surface area contributed by atoms with E-state index in [9.17, 15) is 4.79 Å². The quantitative estimate of drug-likeness (QED) is 0.857. The van der Waals surface area contributed by atoms with Crippen LogP contribution in [0, 0.1) is 0 Å². The third-order valence-corrected chi connectivity index (χ3v) is 3.30. The number of nitrogen functional groups attached to an aromatic ring is 1. The number of hydrogen-bond donors (Lipinski definition) is 1. The van der Waals surface area contributed by atoms with Gasteiger partial charge in [-0.3, -0.25) is 0 Å². The predicted octanol–water partition coefficient (Wildman–Crippen LogP) is 2.18. The van der Waals surface area contributed by atoms with E-state index in [1.165, 1.54) is 12.3 Å². The highest BCUT2D eigenvalue weighted by Gasteiger charge is 2.27. The summed E-state index contributed by atoms with van der Waals surface area (Å²) in [6, 6.07) is 1.53. The van der Waals surface area contributed by atoms with Crippen molar-refractivity contribution in [1.82, 2.24) is 4.98 Å². The van der Waals surface area contributed by atoms with E-state index in [2.05, 4.69) is 4.98 Å². The number of hydrogen-bond acceptors (Lipinski definition) is 6. The lowest BCUT2D eigenvalue weighted by molar-refractivity contribution is -0.0731. The van der Waals surface area contributed by atoms with Crippen molar-refractivity contribution in [2.24, 2.45) is 0 Å². The number of nitrogens with zero attached hydrogens (tertiary/aromatic N) is 1. The molecule has 0 saturated carbocycles. The first-order valence-electron chi connectivity index (χ1n) is 7.24. The van der Waals surface area contributed by atoms with Crippen LogP contribution in [0.2, 0.25) is 0 Å². The lowest BCUT2D eigenvalue weighted by atomic mass is 10.0. The van der Waals surface area contributed by atoms with E-state index in [0.717, 1.165) is 12.8 Å². The lowest BCUT2D eigenvalue weighted by Gasteiger charge is -2.32. The molecule has 2 N–H and O–H groups in total. The molecule has 6 nitrogen and oxygen atoms in total. The van der Waals surface area contributed by atoms with Crippen LogP contribution in [-0.2, 0) is 9.47 Å². The molecule has 116 valence electrons. The van der Waals surface area contributed by atoms with Crippen LogP contribution >= 0.6 is 0 Å². The van der Waals surface area contributed by atoms with Gasteiger partial charge < -0.3 is 19.9 Å². The van der Waals surface area contributed by atoms with Crippen molar-refractivity contribution < 1.29 is 19.0 Å². The van der Waals surface area contributed by atoms with Crippen molar-refractivity contribution in [2.45, 2.75) is 51.9 Å². The highest BCUT2D eigenvalue weighted by Crippen LogP contribution is 2.26. The van der Waals surface area contributed by atoms with Gasteiger partial charge in [0.25, 0.3) is 0 Å². The van der Waals surface area contributed by atoms with Crippen LogP contribution < -0.4 is 10.5 Å². The molecule has 1 aliphatic rings. The zero-order valence-corrected chi connectivity index (χ0v) is 12.7. The Labute approximate surface area is 124 Å². The monoisotopic (exact) mass is 294 g/mol. The second kappa shape index (κ2) is 6.76. The van der Waals surface area contributed by atoms with E-state index >= 15 is 0 Å². The molecule has 0 aliphatic carbocycles. The van der Waals surface area contributed by atoms with Gasteiger partial charge in [0.15, 0.2) is 0 Å². The third kappa shape index (κ3) is 4.07. The summed E-state index contributed by atoms with van der Waals surface area (Å²) < 4.78 is 16.6. The lowest BCUT2D eigenvalue weighted by Crippen LogP contribution is -2.36. The summed E-state index contributed by atoms with van der Waals surface area (Å²) in [4.78, 5) is 16.1. The fourth-order valence-corrected chi connectivity index (χ4v) is 2.52. The second-order valence-electron chi connectivity index (χ2n) is 5.31. The predicted molar refractivity (Wildman–Crippen MR) is 78.3 cm³/mol. The van der Waals surface area contributed by atoms with E-state index in [4.69, 9.17) is 19.9 Å². The molecule has 0 radical (unpaired) electrons. The van der Waals surface area contributed by atoms with Gasteiger partial charge in [0, 0.05) is 12.8 Å². The minimum Gasteiger partial charge on any atom is -0.474 e. The summed E-state index contributed by atoms with van der Waals surface area (Å²) in [5.74, 6) is -0.200. The Balaban J connectivity index is 2.17. The van der Waals surface area contributed by atoms with Crippen LogP contribution in [-0.4, -0.2) is 35.9 Å². The van der Waals surface area contributed by atoms with Gasteiger partial charge in [0.2, 0.25) is 5.88 Å². The van der Waals surface area contributed by atoms with Crippen molar-refractivity contribution in [3.63, 3.8) is 0 Å². The Morgan fingerprint density at radius 3 is 2.71 bits per heavy atom. The first-order valence-corrected chi connectivity index (χ1v) is 7.24. The molecule has 0 bridgehead atoms. The zero-order chi connectivity index (χ0) is 15.4. The fourth-order valence-electron chi connectivity index (χ4n) is 2.52. The first-order chi connectivity index (χ1) is 9.99. The molecule has 2 atom stereocenters. The van der Waals surface area contributed by atoms with Gasteiger partial charge in [-0.1, -0.05) is 0 Å². The molecule has 1 aromatic heterocycles. The summed E-state index contributed by atoms with van der Waals surface area (Å²) >= 11 is 0. The number of carbonyl (C=O) groups excluding carboxylic acids is 1. The maximum absolute atomic E-state index is 12.0. The number of carbonyl (C=O) groups is 1. The number of esters is 1. The van der Waals surface area contributed by atoms with Crippen molar-refractivity contribution in [2.75, 3.05) is 12.3 Å². The molecule has 1 fully saturated rings. The number of ether oxygens (including phenoxy) is 3. The van der Waals surface area contributed by atoms with Crippen molar-refractivity contribution in [1.29, 1.82) is 0 Å². The third-order valence-electron chi connectivity index (χ3n) is 3.30. The highest BCUT2D eigenvalue weighted by atomic mass is 16.5. The number of pyridine rings is 1. The topological polar surface area (TPSA) is 83.7 Å². The number of nitrogens with two attached hydrogens (primary N) is 1. The second-order valence-corrected chi connectivity index (χ2v) is 5.31. The van der Waals surface area contributed by atoms with Crippen LogP contribution in [0.5, 0.6) is 5.88 Å². The standard InChI is InChI=1S/C15H22N2O4/c1-4-19-15(18)13-7-11(16)8-17-14(13)21-12-5-9(2)20-10(3)6-12/h7-10,12H,4-6,16H2,1-3H3. The minimum atomic E-state index is -0.472. The Morgan fingerprint density at radius 1 is 1.43 bits per heavy atom. The molecule has 2 heterocycles. The smallest absolute Gasteiger partial charge is 0.343 e. The van der Waals surface area contributed by atoms with E-state index in [1.54, 1.807) is 6.92 Å². The molecule has 0 amide bonds. The molecule has 21 heavy (non-hydrogen) atoms. The summed E-state index contributed by atoms with van der Waals surface area (Å²) in [5.41, 5.74) is 6.36. The van der Waals surface area contributed by atoms with Crippen LogP contribution in [0.1, 0.15) is 44.0 Å². The number of aromatic nitrogens is 1. The van der Waals surface area contributed by atoms with E-state index < -0.39 is 5.97 Å². The summed E-state index contributed by atoms with van der Waals surface area (Å²) in [6.45, 7) is 6.06. The average molecular weight is 294 g/mol. The molecule has 6 heteroatoms. The van der Waals surface area contributed by atoms with Gasteiger partial charge in [-0.2, -0.15) is 0 Å². The molecule has 0 spiro atoms. The van der Waals surface area contributed by atoms with Crippen LogP contribution in [0.15, 0.2) is 12.3 Å². The van der Waals surface area contributed by atoms with Gasteiger partial charge in [0.05, 0.1) is 30.7 Å². The molecular formula is C15H22N2O4.